The Kier molecular flexibility index (Phi) is 3.95. The van der Waals surface area contributed by atoms with Gasteiger partial charge in [0.25, 0.3) is 0 Å². The van der Waals surface area contributed by atoms with Gasteiger partial charge in [-0.1, -0.05) is 12.1 Å². The molecule has 2 nitrogen and oxygen atoms in total. The van der Waals surface area contributed by atoms with Crippen LogP contribution in [0.1, 0.15) is 24.4 Å². The molecule has 1 aliphatic heterocycles. The van der Waals surface area contributed by atoms with Crippen LogP contribution >= 0.6 is 15.9 Å². The minimum absolute atomic E-state index is 0.0767. The second kappa shape index (κ2) is 5.25. The molecule has 0 aromatic heterocycles. The Morgan fingerprint density at radius 2 is 2.06 bits per heavy atom. The molecule has 0 saturated carbocycles. The third kappa shape index (κ3) is 2.44. The first kappa shape index (κ1) is 12.0. The van der Waals surface area contributed by atoms with Crippen LogP contribution in [-0.2, 0) is 0 Å². The molecule has 1 aromatic rings. The summed E-state index contributed by atoms with van der Waals surface area (Å²) in [5.74, 6) is 0.209. The maximum absolute atomic E-state index is 13.4. The molecular weight excluding hydrogens is 271 g/mol. The fraction of sp³-hybridized carbons (Fsp3) is 0.500. The van der Waals surface area contributed by atoms with Gasteiger partial charge in [0.05, 0.1) is 4.47 Å². The van der Waals surface area contributed by atoms with Crippen molar-refractivity contribution in [2.24, 2.45) is 11.7 Å². The molecule has 1 atom stereocenters. The number of piperidine rings is 1. The van der Waals surface area contributed by atoms with Crippen molar-refractivity contribution in [3.63, 3.8) is 0 Å². The van der Waals surface area contributed by atoms with Crippen molar-refractivity contribution in [1.29, 1.82) is 0 Å². The summed E-state index contributed by atoms with van der Waals surface area (Å²) < 4.78 is 13.9. The van der Waals surface area contributed by atoms with Gasteiger partial charge in [0.15, 0.2) is 0 Å². The van der Waals surface area contributed by atoms with Crippen molar-refractivity contribution in [2.45, 2.75) is 18.9 Å². The maximum atomic E-state index is 13.4. The minimum Gasteiger partial charge on any atom is -0.324 e. The van der Waals surface area contributed by atoms with Crippen LogP contribution in [0.2, 0.25) is 0 Å². The van der Waals surface area contributed by atoms with Crippen LogP contribution in [-0.4, -0.2) is 13.1 Å². The van der Waals surface area contributed by atoms with Crippen LogP contribution in [0.25, 0.3) is 0 Å². The standard InChI is InChI=1S/C12H16BrFN2/c13-11-9(2-1-3-10(11)14)12(15)8-4-6-16-7-5-8/h1-3,8,12,16H,4-7,15H2/t12-/m1/s1. The molecular formula is C12H16BrFN2. The number of hydrogen-bond acceptors (Lipinski definition) is 2. The zero-order valence-corrected chi connectivity index (χ0v) is 10.6. The zero-order valence-electron chi connectivity index (χ0n) is 9.05. The summed E-state index contributed by atoms with van der Waals surface area (Å²) in [6, 6.07) is 4.99. The molecule has 2 rings (SSSR count). The van der Waals surface area contributed by atoms with E-state index in [0.717, 1.165) is 31.5 Å². The van der Waals surface area contributed by atoms with E-state index in [1.54, 1.807) is 6.07 Å². The number of halogens is 2. The predicted molar refractivity (Wildman–Crippen MR) is 66.6 cm³/mol. The van der Waals surface area contributed by atoms with E-state index in [4.69, 9.17) is 5.73 Å². The molecule has 4 heteroatoms. The first-order valence-electron chi connectivity index (χ1n) is 5.60. The highest BCUT2D eigenvalue weighted by atomic mass is 79.9. The molecule has 0 radical (unpaired) electrons. The molecule has 3 N–H and O–H groups in total. The van der Waals surface area contributed by atoms with Crippen molar-refractivity contribution >= 4 is 15.9 Å². The molecule has 1 saturated heterocycles. The van der Waals surface area contributed by atoms with Gasteiger partial charge in [0.2, 0.25) is 0 Å². The molecule has 0 unspecified atom stereocenters. The Bertz CT molecular complexity index is 364. The lowest BCUT2D eigenvalue weighted by molar-refractivity contribution is 0.321. The molecule has 16 heavy (non-hydrogen) atoms. The van der Waals surface area contributed by atoms with Crippen molar-refractivity contribution in [3.05, 3.63) is 34.1 Å². The summed E-state index contributed by atoms with van der Waals surface area (Å²) >= 11 is 3.28. The molecule has 1 aliphatic rings. The van der Waals surface area contributed by atoms with E-state index in [9.17, 15) is 4.39 Å². The van der Waals surface area contributed by atoms with Crippen molar-refractivity contribution in [2.75, 3.05) is 13.1 Å². The van der Waals surface area contributed by atoms with Gasteiger partial charge in [-0.2, -0.15) is 0 Å². The second-order valence-electron chi connectivity index (χ2n) is 4.26. The van der Waals surface area contributed by atoms with E-state index in [2.05, 4.69) is 21.2 Å². The summed E-state index contributed by atoms with van der Waals surface area (Å²) in [7, 11) is 0. The quantitative estimate of drug-likeness (QED) is 0.877. The highest BCUT2D eigenvalue weighted by molar-refractivity contribution is 9.10. The number of nitrogens with two attached hydrogens (primary N) is 1. The lowest BCUT2D eigenvalue weighted by atomic mass is 9.86. The van der Waals surface area contributed by atoms with E-state index in [-0.39, 0.29) is 11.9 Å². The largest absolute Gasteiger partial charge is 0.324 e. The monoisotopic (exact) mass is 286 g/mol. The van der Waals surface area contributed by atoms with Crippen molar-refractivity contribution in [3.8, 4) is 0 Å². The van der Waals surface area contributed by atoms with E-state index >= 15 is 0 Å². The van der Waals surface area contributed by atoms with Gasteiger partial charge in [-0.05, 0) is 59.4 Å². The highest BCUT2D eigenvalue weighted by Crippen LogP contribution is 2.32. The Balaban J connectivity index is 2.19. The third-order valence-electron chi connectivity index (χ3n) is 3.23. The Hall–Kier alpha value is -0.450. The van der Waals surface area contributed by atoms with Gasteiger partial charge < -0.3 is 11.1 Å². The van der Waals surface area contributed by atoms with E-state index in [0.29, 0.717) is 10.4 Å². The summed E-state index contributed by atoms with van der Waals surface area (Å²) in [5, 5.41) is 3.31. The van der Waals surface area contributed by atoms with E-state index in [1.807, 2.05) is 6.07 Å². The van der Waals surface area contributed by atoms with Crippen molar-refractivity contribution < 1.29 is 4.39 Å². The topological polar surface area (TPSA) is 38.0 Å². The van der Waals surface area contributed by atoms with E-state index < -0.39 is 0 Å². The van der Waals surface area contributed by atoms with Gasteiger partial charge >= 0.3 is 0 Å². The highest BCUT2D eigenvalue weighted by Gasteiger charge is 2.23. The van der Waals surface area contributed by atoms with E-state index in [1.165, 1.54) is 6.07 Å². The summed E-state index contributed by atoms with van der Waals surface area (Å²) in [6.07, 6.45) is 2.12. The molecule has 0 aliphatic carbocycles. The zero-order chi connectivity index (χ0) is 11.5. The normalized spacial score (nSPS) is 19.7. The molecule has 0 spiro atoms. The number of rotatable bonds is 2. The molecule has 0 bridgehead atoms. The van der Waals surface area contributed by atoms with Gasteiger partial charge in [0.1, 0.15) is 5.82 Å². The molecule has 1 heterocycles. The molecule has 1 fully saturated rings. The van der Waals surface area contributed by atoms with Crippen LogP contribution in [0.3, 0.4) is 0 Å². The average molecular weight is 287 g/mol. The van der Waals surface area contributed by atoms with Gasteiger partial charge in [-0.25, -0.2) is 4.39 Å². The van der Waals surface area contributed by atoms with Crippen LogP contribution in [0.5, 0.6) is 0 Å². The number of nitrogens with one attached hydrogen (secondary N) is 1. The summed E-state index contributed by atoms with van der Waals surface area (Å²) in [4.78, 5) is 0. The van der Waals surface area contributed by atoms with Crippen LogP contribution in [0, 0.1) is 11.7 Å². The predicted octanol–water partition coefficient (Wildman–Crippen LogP) is 2.59. The lowest BCUT2D eigenvalue weighted by Crippen LogP contribution is -2.34. The van der Waals surface area contributed by atoms with Crippen molar-refractivity contribution in [1.82, 2.24) is 5.32 Å². The smallest absolute Gasteiger partial charge is 0.137 e. The maximum Gasteiger partial charge on any atom is 0.137 e. The second-order valence-corrected chi connectivity index (χ2v) is 5.05. The molecule has 88 valence electrons. The number of benzene rings is 1. The fourth-order valence-electron chi connectivity index (χ4n) is 2.24. The van der Waals surface area contributed by atoms with Crippen LogP contribution in [0.4, 0.5) is 4.39 Å². The number of hydrogen-bond donors (Lipinski definition) is 2. The van der Waals surface area contributed by atoms with Crippen LogP contribution in [0.15, 0.2) is 22.7 Å². The van der Waals surface area contributed by atoms with Gasteiger partial charge in [0, 0.05) is 6.04 Å². The Labute approximate surface area is 104 Å². The van der Waals surface area contributed by atoms with Gasteiger partial charge in [-0.15, -0.1) is 0 Å². The van der Waals surface area contributed by atoms with Crippen LogP contribution < -0.4 is 11.1 Å². The average Bonchev–Trinajstić information content (AvgIpc) is 2.33. The molecule has 0 amide bonds. The fourth-order valence-corrected chi connectivity index (χ4v) is 2.76. The molecule has 1 aromatic carbocycles. The third-order valence-corrected chi connectivity index (χ3v) is 4.07. The first-order chi connectivity index (χ1) is 7.70. The summed E-state index contributed by atoms with van der Waals surface area (Å²) in [6.45, 7) is 2.01. The lowest BCUT2D eigenvalue weighted by Gasteiger charge is -2.29. The SMILES string of the molecule is N[C@@H](c1cccc(F)c1Br)C1CCNCC1. The first-order valence-corrected chi connectivity index (χ1v) is 6.39. The Morgan fingerprint density at radius 3 is 2.75 bits per heavy atom. The Morgan fingerprint density at radius 1 is 1.38 bits per heavy atom. The summed E-state index contributed by atoms with van der Waals surface area (Å²) in [5.41, 5.74) is 7.10. The van der Waals surface area contributed by atoms with Gasteiger partial charge in [-0.3, -0.25) is 0 Å². The minimum atomic E-state index is -0.234.